The number of imide groups is 1. The monoisotopic (exact) mass is 535 g/mol. The number of nitro benzene ring substituents is 1. The number of carbonyl (C=O) groups excluding carboxylic acids is 3. The molecule has 1 aliphatic rings. The quantitative estimate of drug-likeness (QED) is 0.163. The van der Waals surface area contributed by atoms with Crippen molar-refractivity contribution in [1.29, 1.82) is 0 Å². The smallest absolute Gasteiger partial charge is 0.294 e. The molecule has 1 aliphatic heterocycles. The minimum Gasteiger partial charge on any atom is -0.488 e. The van der Waals surface area contributed by atoms with Crippen molar-refractivity contribution < 1.29 is 24.0 Å². The molecule has 0 bridgehead atoms. The van der Waals surface area contributed by atoms with E-state index in [0.29, 0.717) is 17.0 Å². The minimum absolute atomic E-state index is 0.0120. The van der Waals surface area contributed by atoms with Crippen LogP contribution in [-0.2, 0) is 16.2 Å². The van der Waals surface area contributed by atoms with Crippen molar-refractivity contribution >= 4 is 58.0 Å². The molecule has 0 saturated carbocycles. The van der Waals surface area contributed by atoms with Crippen molar-refractivity contribution in [3.8, 4) is 5.75 Å². The molecule has 3 amide bonds. The molecule has 0 radical (unpaired) electrons. The van der Waals surface area contributed by atoms with Crippen molar-refractivity contribution in [3.63, 3.8) is 0 Å². The maximum absolute atomic E-state index is 12.9. The number of para-hydroxylation sites is 1. The van der Waals surface area contributed by atoms with Crippen LogP contribution in [0.25, 0.3) is 6.08 Å². The van der Waals surface area contributed by atoms with Gasteiger partial charge in [0.25, 0.3) is 16.8 Å². The van der Waals surface area contributed by atoms with E-state index in [0.717, 1.165) is 27.1 Å². The van der Waals surface area contributed by atoms with Gasteiger partial charge in [-0.3, -0.25) is 29.4 Å². The van der Waals surface area contributed by atoms with Crippen LogP contribution in [-0.4, -0.2) is 39.7 Å². The molecular formula is C26H21N3O6S2. The van der Waals surface area contributed by atoms with Crippen LogP contribution in [0.4, 0.5) is 16.2 Å². The first-order valence-corrected chi connectivity index (χ1v) is 13.0. The molecule has 1 N–H and O–H groups in total. The topological polar surface area (TPSA) is 119 Å². The van der Waals surface area contributed by atoms with Crippen LogP contribution in [0.1, 0.15) is 11.1 Å². The van der Waals surface area contributed by atoms with Gasteiger partial charge in [0, 0.05) is 28.3 Å². The molecule has 0 aliphatic carbocycles. The number of nitrogens with zero attached hydrogens (tertiary/aromatic N) is 2. The third-order valence-corrected chi connectivity index (χ3v) is 6.91. The lowest BCUT2D eigenvalue weighted by Gasteiger charge is -2.13. The van der Waals surface area contributed by atoms with Crippen LogP contribution in [0, 0.1) is 10.1 Å². The average molecular weight is 536 g/mol. The highest BCUT2D eigenvalue weighted by atomic mass is 32.2. The fourth-order valence-electron chi connectivity index (χ4n) is 3.43. The number of hydrogen-bond donors (Lipinski definition) is 1. The summed E-state index contributed by atoms with van der Waals surface area (Å²) in [6.45, 7) is -0.244. The number of thioether (sulfide) groups is 2. The highest BCUT2D eigenvalue weighted by molar-refractivity contribution is 8.18. The number of hydrogen-bond acceptors (Lipinski definition) is 8. The number of anilines is 1. The van der Waals surface area contributed by atoms with E-state index in [2.05, 4.69) is 5.32 Å². The molecule has 4 rings (SSSR count). The zero-order valence-electron chi connectivity index (χ0n) is 19.6. The summed E-state index contributed by atoms with van der Waals surface area (Å²) in [6.07, 6.45) is 3.47. The summed E-state index contributed by atoms with van der Waals surface area (Å²) in [5, 5.41) is 13.0. The van der Waals surface area contributed by atoms with Crippen LogP contribution < -0.4 is 10.1 Å². The average Bonchev–Trinajstić information content (AvgIpc) is 3.15. The van der Waals surface area contributed by atoms with Gasteiger partial charge < -0.3 is 10.1 Å². The summed E-state index contributed by atoms with van der Waals surface area (Å²) in [5.41, 5.74) is 1.88. The van der Waals surface area contributed by atoms with Gasteiger partial charge in [-0.05, 0) is 66.1 Å². The van der Waals surface area contributed by atoms with Gasteiger partial charge in [-0.2, -0.15) is 0 Å². The predicted octanol–water partition coefficient (Wildman–Crippen LogP) is 5.57. The van der Waals surface area contributed by atoms with Gasteiger partial charge in [0.2, 0.25) is 5.91 Å². The zero-order chi connectivity index (χ0) is 26.4. The molecule has 3 aromatic rings. The molecule has 3 aromatic carbocycles. The summed E-state index contributed by atoms with van der Waals surface area (Å²) >= 11 is 2.29. The normalized spacial score (nSPS) is 14.2. The predicted molar refractivity (Wildman–Crippen MR) is 143 cm³/mol. The van der Waals surface area contributed by atoms with E-state index >= 15 is 0 Å². The number of non-ortho nitro benzene ring substituents is 1. The third-order valence-electron chi connectivity index (χ3n) is 5.28. The summed E-state index contributed by atoms with van der Waals surface area (Å²) < 4.78 is 5.87. The van der Waals surface area contributed by atoms with Crippen LogP contribution in [0.5, 0.6) is 5.75 Å². The Morgan fingerprint density at radius 1 is 1.11 bits per heavy atom. The van der Waals surface area contributed by atoms with Gasteiger partial charge in [0.05, 0.1) is 9.83 Å². The second kappa shape index (κ2) is 11.8. The standard InChI is InChI=1S/C26H21N3O6S2/c1-36-21-7-4-6-19(14-21)27-24(30)15-28-25(31)23(37-26(28)32)13-18-5-2-3-8-22(18)35-16-17-9-11-20(12-10-17)29(33)34/h2-14H,15-16H2,1H3,(H,27,30)/b23-13-. The Kier molecular flexibility index (Phi) is 8.26. The SMILES string of the molecule is CSc1cccc(NC(=O)CN2C(=O)S/C(=C\c3ccccc3OCc3ccc([N+](=O)[O-])cc3)C2=O)c1. The second-order valence-corrected chi connectivity index (χ2v) is 9.67. The van der Waals surface area contributed by atoms with Gasteiger partial charge in [0.1, 0.15) is 18.9 Å². The number of nitro groups is 1. The molecular weight excluding hydrogens is 514 g/mol. The van der Waals surface area contributed by atoms with Crippen molar-refractivity contribution in [2.45, 2.75) is 11.5 Å². The van der Waals surface area contributed by atoms with Gasteiger partial charge in [-0.25, -0.2) is 0 Å². The number of rotatable bonds is 9. The van der Waals surface area contributed by atoms with Gasteiger partial charge in [-0.15, -0.1) is 11.8 Å². The first kappa shape index (κ1) is 26.0. The fourth-order valence-corrected chi connectivity index (χ4v) is 4.72. The molecule has 1 fully saturated rings. The van der Waals surface area contributed by atoms with Gasteiger partial charge in [-0.1, -0.05) is 24.3 Å². The number of ether oxygens (including phenoxy) is 1. The van der Waals surface area contributed by atoms with Crippen molar-refractivity contribution in [1.82, 2.24) is 4.90 Å². The summed E-state index contributed by atoms with van der Waals surface area (Å²) in [6, 6.07) is 20.3. The Hall–Kier alpha value is -4.09. The Bertz CT molecular complexity index is 1390. The van der Waals surface area contributed by atoms with E-state index < -0.39 is 28.5 Å². The molecule has 1 saturated heterocycles. The molecule has 11 heteroatoms. The second-order valence-electron chi connectivity index (χ2n) is 7.80. The van der Waals surface area contributed by atoms with Crippen LogP contribution in [0.15, 0.2) is 82.6 Å². The molecule has 0 spiro atoms. The minimum atomic E-state index is -0.562. The number of nitrogens with one attached hydrogen (secondary N) is 1. The Balaban J connectivity index is 1.43. The molecule has 0 aromatic heterocycles. The van der Waals surface area contributed by atoms with Gasteiger partial charge >= 0.3 is 0 Å². The lowest BCUT2D eigenvalue weighted by molar-refractivity contribution is -0.384. The van der Waals surface area contributed by atoms with Crippen LogP contribution >= 0.6 is 23.5 Å². The fraction of sp³-hybridized carbons (Fsp3) is 0.115. The molecule has 0 atom stereocenters. The van der Waals surface area contributed by atoms with Crippen molar-refractivity contribution in [2.24, 2.45) is 0 Å². The summed E-state index contributed by atoms with van der Waals surface area (Å²) in [5.74, 6) is -0.569. The Labute approximate surface area is 221 Å². The zero-order valence-corrected chi connectivity index (χ0v) is 21.2. The molecule has 37 heavy (non-hydrogen) atoms. The summed E-state index contributed by atoms with van der Waals surface area (Å²) in [4.78, 5) is 50.3. The van der Waals surface area contributed by atoms with Gasteiger partial charge in [0.15, 0.2) is 0 Å². The maximum atomic E-state index is 12.9. The lowest BCUT2D eigenvalue weighted by Crippen LogP contribution is -2.36. The van der Waals surface area contributed by atoms with E-state index in [1.165, 1.54) is 23.9 Å². The maximum Gasteiger partial charge on any atom is 0.294 e. The molecule has 188 valence electrons. The summed E-state index contributed by atoms with van der Waals surface area (Å²) in [7, 11) is 0. The van der Waals surface area contributed by atoms with Crippen molar-refractivity contribution in [3.05, 3.63) is 98.9 Å². The van der Waals surface area contributed by atoms with Crippen LogP contribution in [0.2, 0.25) is 0 Å². The van der Waals surface area contributed by atoms with E-state index in [1.54, 1.807) is 48.5 Å². The highest BCUT2D eigenvalue weighted by Crippen LogP contribution is 2.34. The lowest BCUT2D eigenvalue weighted by atomic mass is 10.1. The Morgan fingerprint density at radius 3 is 2.59 bits per heavy atom. The van der Waals surface area contributed by atoms with E-state index in [1.807, 2.05) is 24.5 Å². The van der Waals surface area contributed by atoms with Crippen molar-refractivity contribution in [2.75, 3.05) is 18.1 Å². The number of benzene rings is 3. The molecule has 1 heterocycles. The van der Waals surface area contributed by atoms with Crippen LogP contribution in [0.3, 0.4) is 0 Å². The molecule has 9 nitrogen and oxygen atoms in total. The Morgan fingerprint density at radius 2 is 1.86 bits per heavy atom. The van der Waals surface area contributed by atoms with E-state index in [-0.39, 0.29) is 17.2 Å². The third kappa shape index (κ3) is 6.57. The first-order valence-electron chi connectivity index (χ1n) is 11.0. The van der Waals surface area contributed by atoms with E-state index in [4.69, 9.17) is 4.74 Å². The largest absolute Gasteiger partial charge is 0.488 e. The van der Waals surface area contributed by atoms with E-state index in [9.17, 15) is 24.5 Å². The highest BCUT2D eigenvalue weighted by Gasteiger charge is 2.36. The number of amides is 3. The number of carbonyl (C=O) groups is 3. The molecule has 0 unspecified atom stereocenters. The first-order chi connectivity index (χ1) is 17.8.